The van der Waals surface area contributed by atoms with Crippen LogP contribution in [0.2, 0.25) is 0 Å². The van der Waals surface area contributed by atoms with Gasteiger partial charge in [0.15, 0.2) is 0 Å². The van der Waals surface area contributed by atoms with Crippen LogP contribution in [0.5, 0.6) is 0 Å². The van der Waals surface area contributed by atoms with Gasteiger partial charge in [-0.3, -0.25) is 4.79 Å². The highest BCUT2D eigenvalue weighted by molar-refractivity contribution is 5.90. The first-order valence-corrected chi connectivity index (χ1v) is 5.74. The van der Waals surface area contributed by atoms with Gasteiger partial charge in [-0.15, -0.1) is 0 Å². The number of amides is 1. The number of hydrogen-bond donors (Lipinski definition) is 2. The van der Waals surface area contributed by atoms with E-state index in [-0.39, 0.29) is 5.91 Å². The molecular weight excluding hydrogens is 212 g/mol. The molecular formula is C14H16N2O. The van der Waals surface area contributed by atoms with Crippen molar-refractivity contribution in [3.63, 3.8) is 0 Å². The van der Waals surface area contributed by atoms with E-state index in [9.17, 15) is 4.79 Å². The van der Waals surface area contributed by atoms with Crippen molar-refractivity contribution < 1.29 is 4.79 Å². The van der Waals surface area contributed by atoms with E-state index < -0.39 is 0 Å². The maximum Gasteiger partial charge on any atom is 0.224 e. The summed E-state index contributed by atoms with van der Waals surface area (Å²) in [5.74, 6) is 0.0202. The van der Waals surface area contributed by atoms with E-state index in [1.807, 2.05) is 30.3 Å². The van der Waals surface area contributed by atoms with Gasteiger partial charge >= 0.3 is 0 Å². The van der Waals surface area contributed by atoms with Gasteiger partial charge in [-0.2, -0.15) is 0 Å². The Kier molecular flexibility index (Phi) is 3.73. The van der Waals surface area contributed by atoms with E-state index in [2.05, 4.69) is 17.4 Å². The highest BCUT2D eigenvalue weighted by atomic mass is 16.1. The molecule has 0 atom stereocenters. The molecule has 2 rings (SSSR count). The molecule has 0 aliphatic rings. The average Bonchev–Trinajstić information content (AvgIpc) is 2.37. The van der Waals surface area contributed by atoms with Crippen molar-refractivity contribution in [2.45, 2.75) is 6.42 Å². The molecule has 2 aromatic carbocycles. The number of carbonyl (C=O) groups excluding carboxylic acids is 1. The molecule has 0 aromatic heterocycles. The van der Waals surface area contributed by atoms with Gasteiger partial charge in [0.05, 0.1) is 6.42 Å². The van der Waals surface area contributed by atoms with Crippen molar-refractivity contribution in [1.82, 2.24) is 5.32 Å². The number of benzene rings is 2. The second-order valence-electron chi connectivity index (χ2n) is 3.95. The van der Waals surface area contributed by atoms with Crippen molar-refractivity contribution in [2.24, 2.45) is 5.73 Å². The summed E-state index contributed by atoms with van der Waals surface area (Å²) in [7, 11) is 0. The summed E-state index contributed by atoms with van der Waals surface area (Å²) in [6.07, 6.45) is 0.404. The maximum atomic E-state index is 11.6. The predicted molar refractivity (Wildman–Crippen MR) is 69.7 cm³/mol. The maximum absolute atomic E-state index is 11.6. The normalized spacial score (nSPS) is 10.4. The molecule has 0 saturated heterocycles. The van der Waals surface area contributed by atoms with Crippen LogP contribution in [-0.2, 0) is 11.2 Å². The molecule has 0 aliphatic carbocycles. The molecule has 0 bridgehead atoms. The third-order valence-electron chi connectivity index (χ3n) is 2.70. The lowest BCUT2D eigenvalue weighted by Crippen LogP contribution is -2.30. The molecule has 2 aromatic rings. The Morgan fingerprint density at radius 3 is 2.71 bits per heavy atom. The third-order valence-corrected chi connectivity index (χ3v) is 2.70. The Hall–Kier alpha value is -1.87. The zero-order chi connectivity index (χ0) is 12.1. The number of rotatable bonds is 4. The molecule has 3 heteroatoms. The molecule has 0 saturated carbocycles. The van der Waals surface area contributed by atoms with Crippen LogP contribution in [0.4, 0.5) is 0 Å². The van der Waals surface area contributed by atoms with Crippen LogP contribution in [0, 0.1) is 0 Å². The van der Waals surface area contributed by atoms with Gasteiger partial charge < -0.3 is 11.1 Å². The van der Waals surface area contributed by atoms with Crippen molar-refractivity contribution in [3.05, 3.63) is 48.0 Å². The van der Waals surface area contributed by atoms with Crippen LogP contribution < -0.4 is 11.1 Å². The minimum Gasteiger partial charge on any atom is -0.355 e. The van der Waals surface area contributed by atoms with Crippen LogP contribution in [0.3, 0.4) is 0 Å². The first kappa shape index (κ1) is 11.6. The van der Waals surface area contributed by atoms with Crippen LogP contribution in [0.15, 0.2) is 42.5 Å². The van der Waals surface area contributed by atoms with E-state index >= 15 is 0 Å². The largest absolute Gasteiger partial charge is 0.355 e. The van der Waals surface area contributed by atoms with Crippen molar-refractivity contribution in [3.8, 4) is 0 Å². The number of hydrogen-bond acceptors (Lipinski definition) is 2. The summed E-state index contributed by atoms with van der Waals surface area (Å²) in [5, 5.41) is 5.08. The summed E-state index contributed by atoms with van der Waals surface area (Å²) in [5.41, 5.74) is 6.40. The fourth-order valence-electron chi connectivity index (χ4n) is 1.89. The molecule has 88 valence electrons. The summed E-state index contributed by atoms with van der Waals surface area (Å²) in [6, 6.07) is 14.1. The number of nitrogens with two attached hydrogens (primary N) is 1. The molecule has 3 nitrogen and oxygen atoms in total. The van der Waals surface area contributed by atoms with Crippen LogP contribution in [0.25, 0.3) is 10.8 Å². The quantitative estimate of drug-likeness (QED) is 0.832. The average molecular weight is 228 g/mol. The Morgan fingerprint density at radius 2 is 1.88 bits per heavy atom. The fraction of sp³-hybridized carbons (Fsp3) is 0.214. The zero-order valence-electron chi connectivity index (χ0n) is 9.65. The summed E-state index contributed by atoms with van der Waals surface area (Å²) in [4.78, 5) is 11.6. The number of nitrogens with one attached hydrogen (secondary N) is 1. The molecule has 1 amide bonds. The standard InChI is InChI=1S/C14H16N2O/c15-8-9-16-14(17)10-12-6-3-5-11-4-1-2-7-13(11)12/h1-7H,8-10,15H2,(H,16,17). The molecule has 3 N–H and O–H groups in total. The Morgan fingerprint density at radius 1 is 1.12 bits per heavy atom. The minimum absolute atomic E-state index is 0.0202. The van der Waals surface area contributed by atoms with Crippen LogP contribution in [0.1, 0.15) is 5.56 Å². The molecule has 0 radical (unpaired) electrons. The minimum atomic E-state index is 0.0202. The van der Waals surface area contributed by atoms with Gasteiger partial charge in [0.1, 0.15) is 0 Å². The van der Waals surface area contributed by atoms with E-state index in [4.69, 9.17) is 5.73 Å². The summed E-state index contributed by atoms with van der Waals surface area (Å²) in [6.45, 7) is 1.00. The van der Waals surface area contributed by atoms with Crippen LogP contribution in [-0.4, -0.2) is 19.0 Å². The molecule has 0 fully saturated rings. The second-order valence-corrected chi connectivity index (χ2v) is 3.95. The zero-order valence-corrected chi connectivity index (χ0v) is 9.65. The Balaban J connectivity index is 2.21. The van der Waals surface area contributed by atoms with Crippen molar-refractivity contribution in [2.75, 3.05) is 13.1 Å². The van der Waals surface area contributed by atoms with Gasteiger partial charge in [-0.05, 0) is 16.3 Å². The number of carbonyl (C=O) groups is 1. The SMILES string of the molecule is NCCNC(=O)Cc1cccc2ccccc12. The molecule has 0 spiro atoms. The van der Waals surface area contributed by atoms with Crippen molar-refractivity contribution >= 4 is 16.7 Å². The first-order chi connectivity index (χ1) is 8.31. The van der Waals surface area contributed by atoms with Crippen LogP contribution >= 0.6 is 0 Å². The Labute approximate surface area is 101 Å². The fourth-order valence-corrected chi connectivity index (χ4v) is 1.89. The highest BCUT2D eigenvalue weighted by Crippen LogP contribution is 2.18. The lowest BCUT2D eigenvalue weighted by Gasteiger charge is -2.07. The van der Waals surface area contributed by atoms with E-state index in [1.165, 1.54) is 0 Å². The third kappa shape index (κ3) is 2.82. The van der Waals surface area contributed by atoms with E-state index in [0.717, 1.165) is 16.3 Å². The van der Waals surface area contributed by atoms with E-state index in [1.54, 1.807) is 0 Å². The number of fused-ring (bicyclic) bond motifs is 1. The van der Waals surface area contributed by atoms with Crippen molar-refractivity contribution in [1.29, 1.82) is 0 Å². The first-order valence-electron chi connectivity index (χ1n) is 5.74. The molecule has 17 heavy (non-hydrogen) atoms. The van der Waals surface area contributed by atoms with Gasteiger partial charge in [-0.1, -0.05) is 42.5 Å². The summed E-state index contributed by atoms with van der Waals surface area (Å²) >= 11 is 0. The molecule has 0 aliphatic heterocycles. The lowest BCUT2D eigenvalue weighted by molar-refractivity contribution is -0.120. The Bertz CT molecular complexity index is 517. The molecule has 0 unspecified atom stereocenters. The van der Waals surface area contributed by atoms with Gasteiger partial charge in [0.25, 0.3) is 0 Å². The van der Waals surface area contributed by atoms with Gasteiger partial charge in [0, 0.05) is 13.1 Å². The summed E-state index contributed by atoms with van der Waals surface area (Å²) < 4.78 is 0. The smallest absolute Gasteiger partial charge is 0.224 e. The predicted octanol–water partition coefficient (Wildman–Crippen LogP) is 1.46. The monoisotopic (exact) mass is 228 g/mol. The topological polar surface area (TPSA) is 55.1 Å². The second kappa shape index (κ2) is 5.46. The van der Waals surface area contributed by atoms with E-state index in [0.29, 0.717) is 19.5 Å². The molecule has 0 heterocycles. The van der Waals surface area contributed by atoms with Gasteiger partial charge in [0.2, 0.25) is 5.91 Å². The van der Waals surface area contributed by atoms with Gasteiger partial charge in [-0.25, -0.2) is 0 Å². The highest BCUT2D eigenvalue weighted by Gasteiger charge is 2.05. The lowest BCUT2D eigenvalue weighted by atomic mass is 10.0.